The number of amides is 1. The van der Waals surface area contributed by atoms with Gasteiger partial charge in [-0.25, -0.2) is 0 Å². The fourth-order valence-electron chi connectivity index (χ4n) is 5.04. The van der Waals surface area contributed by atoms with Gasteiger partial charge in [-0.05, 0) is 26.3 Å². The molecule has 0 aromatic rings. The highest BCUT2D eigenvalue weighted by Gasteiger charge is 2.53. The molecule has 2 saturated heterocycles. The summed E-state index contributed by atoms with van der Waals surface area (Å²) in [6, 6.07) is -3.35. The molecule has 17 heteroatoms. The average Bonchev–Trinajstić information content (AvgIpc) is 3.16. The summed E-state index contributed by atoms with van der Waals surface area (Å²) in [4.78, 5) is 12.4. The number of nitrogens with two attached hydrogens (primary N) is 4. The van der Waals surface area contributed by atoms with Crippen molar-refractivity contribution in [2.24, 2.45) is 22.9 Å². The topological polar surface area (TPSA) is 312 Å². The Morgan fingerprint density at radius 1 is 0.923 bits per heavy atom. The number of aliphatic hydroxyl groups excluding tert-OH is 7. The van der Waals surface area contributed by atoms with Crippen molar-refractivity contribution in [3.05, 3.63) is 0 Å². The van der Waals surface area contributed by atoms with Crippen molar-refractivity contribution in [3.8, 4) is 0 Å². The van der Waals surface area contributed by atoms with E-state index in [1.54, 1.807) is 0 Å². The molecular weight excluding hydrogens is 526 g/mol. The van der Waals surface area contributed by atoms with Crippen LogP contribution in [0.1, 0.15) is 19.8 Å². The van der Waals surface area contributed by atoms with Gasteiger partial charge in [0.25, 0.3) is 0 Å². The third-order valence-corrected chi connectivity index (χ3v) is 7.39. The van der Waals surface area contributed by atoms with Crippen LogP contribution in [0.5, 0.6) is 0 Å². The molecule has 3 fully saturated rings. The van der Waals surface area contributed by atoms with Crippen molar-refractivity contribution < 1.29 is 59.5 Å². The largest absolute Gasteiger partial charge is 0.391 e. The average molecular weight is 570 g/mol. The van der Waals surface area contributed by atoms with Gasteiger partial charge < -0.3 is 82.9 Å². The van der Waals surface area contributed by atoms with Crippen molar-refractivity contribution in [3.63, 3.8) is 0 Å². The molecule has 0 radical (unpaired) electrons. The zero-order valence-corrected chi connectivity index (χ0v) is 21.5. The predicted molar refractivity (Wildman–Crippen MR) is 130 cm³/mol. The molecule has 0 aromatic heterocycles. The van der Waals surface area contributed by atoms with Gasteiger partial charge in [-0.3, -0.25) is 4.79 Å². The van der Waals surface area contributed by atoms with Gasteiger partial charge in [0, 0.05) is 12.6 Å². The van der Waals surface area contributed by atoms with Gasteiger partial charge in [0.05, 0.1) is 18.2 Å². The summed E-state index contributed by atoms with van der Waals surface area (Å²) in [6.07, 6.45) is -18.2. The number of carbonyl (C=O) groups excluding carboxylic acids is 1. The molecule has 1 aliphatic carbocycles. The summed E-state index contributed by atoms with van der Waals surface area (Å²) < 4.78 is 22.9. The zero-order chi connectivity index (χ0) is 29.2. The van der Waals surface area contributed by atoms with Crippen molar-refractivity contribution in [1.29, 1.82) is 0 Å². The number of ether oxygens (including phenoxy) is 4. The van der Waals surface area contributed by atoms with E-state index in [-0.39, 0.29) is 25.9 Å². The van der Waals surface area contributed by atoms with Gasteiger partial charge in [0.2, 0.25) is 5.91 Å². The lowest BCUT2D eigenvalue weighted by Gasteiger charge is -2.48. The minimum atomic E-state index is -1.56. The molecule has 17 nitrogen and oxygen atoms in total. The quantitative estimate of drug-likeness (QED) is 0.116. The zero-order valence-electron chi connectivity index (χ0n) is 21.5. The number of hydrogen-bond donors (Lipinski definition) is 12. The van der Waals surface area contributed by atoms with E-state index >= 15 is 0 Å². The smallest absolute Gasteiger partial charge is 0.249 e. The van der Waals surface area contributed by atoms with E-state index in [1.807, 2.05) is 0 Å². The van der Waals surface area contributed by atoms with E-state index in [9.17, 15) is 40.5 Å². The highest BCUT2D eigenvalue weighted by molar-refractivity contribution is 5.80. The first-order valence-electron chi connectivity index (χ1n) is 12.9. The minimum absolute atomic E-state index is 0.0254. The molecule has 2 heterocycles. The number of hydrogen-bond acceptors (Lipinski definition) is 16. The molecule has 16 atom stereocenters. The number of aliphatic hydroxyl groups is 7. The van der Waals surface area contributed by atoms with E-state index in [4.69, 9.17) is 41.9 Å². The Labute approximate surface area is 224 Å². The first kappa shape index (κ1) is 32.4. The molecule has 228 valence electrons. The van der Waals surface area contributed by atoms with Gasteiger partial charge in [0.1, 0.15) is 61.0 Å². The molecular formula is C22H43N5O12. The maximum Gasteiger partial charge on any atom is 0.249 e. The van der Waals surface area contributed by atoms with Crippen molar-refractivity contribution >= 4 is 5.91 Å². The van der Waals surface area contributed by atoms with Crippen LogP contribution in [0.15, 0.2) is 0 Å². The third-order valence-electron chi connectivity index (χ3n) is 7.39. The second-order valence-corrected chi connectivity index (χ2v) is 10.3. The Kier molecular flexibility index (Phi) is 11.4. The monoisotopic (exact) mass is 569 g/mol. The highest BCUT2D eigenvalue weighted by atomic mass is 16.7. The van der Waals surface area contributed by atoms with Crippen LogP contribution < -0.4 is 28.3 Å². The molecule has 1 amide bonds. The van der Waals surface area contributed by atoms with Crippen LogP contribution >= 0.6 is 0 Å². The fourth-order valence-corrected chi connectivity index (χ4v) is 5.04. The molecule has 3 aliphatic rings. The number of nitrogens with one attached hydrogen (secondary N) is 1. The van der Waals surface area contributed by atoms with E-state index in [2.05, 4.69) is 5.32 Å². The van der Waals surface area contributed by atoms with Crippen molar-refractivity contribution in [1.82, 2.24) is 5.32 Å². The van der Waals surface area contributed by atoms with Crippen LogP contribution in [0, 0.1) is 0 Å². The second-order valence-electron chi connectivity index (χ2n) is 10.3. The van der Waals surface area contributed by atoms with Gasteiger partial charge in [0.15, 0.2) is 12.6 Å². The molecule has 1 saturated carbocycles. The minimum Gasteiger partial charge on any atom is -0.391 e. The van der Waals surface area contributed by atoms with Crippen LogP contribution in [0.25, 0.3) is 0 Å². The standard InChI is InChI=1S/C22H43N5O12/c1-6(28)17-15(33)14(32)11(26)21(37-17)38-18-7(25)4-8(27-20(35)9(29)2-3-23)12(30)19(18)39-22-16(34)13(31)10(5-24)36-22/h6-19,21-22,28-34H,2-5,23-26H2,1H3,(H,27,35)/t6-,7-,8+,9-,10+,11+,12-,13+,14+,15-,16+,17+,18+,19+,21+,22-/m0/s1. The molecule has 39 heavy (non-hydrogen) atoms. The molecule has 0 aromatic carbocycles. The Balaban J connectivity index is 1.85. The van der Waals surface area contributed by atoms with E-state index in [0.717, 1.165) is 0 Å². The Bertz CT molecular complexity index is 801. The Hall–Kier alpha value is -1.13. The Morgan fingerprint density at radius 3 is 2.13 bits per heavy atom. The SMILES string of the molecule is C[C@H](O)[C@H]1O[C@H](O[C@H]2[C@H](O[C@@H]3O[C@H](CN)[C@@H](O)[C@H]3O)[C@@H](O)[C@H](NC(=O)[C@@H](O)CCN)C[C@@H]2N)[C@H](N)[C@@H](O)[C@@H]1O. The summed E-state index contributed by atoms with van der Waals surface area (Å²) in [7, 11) is 0. The Morgan fingerprint density at radius 2 is 1.56 bits per heavy atom. The third kappa shape index (κ3) is 7.03. The molecule has 2 aliphatic heterocycles. The fraction of sp³-hybridized carbons (Fsp3) is 0.955. The van der Waals surface area contributed by atoms with Crippen LogP contribution in [0.4, 0.5) is 0 Å². The summed E-state index contributed by atoms with van der Waals surface area (Å²) in [5, 5.41) is 75.0. The van der Waals surface area contributed by atoms with Gasteiger partial charge in [-0.1, -0.05) is 0 Å². The van der Waals surface area contributed by atoms with Gasteiger partial charge in [-0.15, -0.1) is 0 Å². The summed E-state index contributed by atoms with van der Waals surface area (Å²) in [6.45, 7) is 1.23. The first-order valence-corrected chi connectivity index (χ1v) is 12.9. The maximum absolute atomic E-state index is 12.4. The predicted octanol–water partition coefficient (Wildman–Crippen LogP) is -7.40. The summed E-state index contributed by atoms with van der Waals surface area (Å²) in [5.74, 6) is -0.805. The van der Waals surface area contributed by atoms with Crippen molar-refractivity contribution in [2.75, 3.05) is 13.1 Å². The van der Waals surface area contributed by atoms with E-state index in [1.165, 1.54) is 6.92 Å². The normalized spacial score (nSPS) is 46.6. The lowest BCUT2D eigenvalue weighted by Crippen LogP contribution is -2.69. The van der Waals surface area contributed by atoms with Crippen molar-refractivity contribution in [2.45, 2.75) is 118 Å². The second kappa shape index (κ2) is 13.7. The highest BCUT2D eigenvalue weighted by Crippen LogP contribution is 2.33. The van der Waals surface area contributed by atoms with E-state index < -0.39 is 104 Å². The molecule has 16 N–H and O–H groups in total. The van der Waals surface area contributed by atoms with Gasteiger partial charge in [-0.2, -0.15) is 0 Å². The van der Waals surface area contributed by atoms with Crippen LogP contribution in [-0.2, 0) is 23.7 Å². The maximum atomic E-state index is 12.4. The van der Waals surface area contributed by atoms with Gasteiger partial charge >= 0.3 is 0 Å². The summed E-state index contributed by atoms with van der Waals surface area (Å²) >= 11 is 0. The van der Waals surface area contributed by atoms with Crippen LogP contribution in [0.3, 0.4) is 0 Å². The van der Waals surface area contributed by atoms with Crippen LogP contribution in [0.2, 0.25) is 0 Å². The molecule has 0 bridgehead atoms. The first-order chi connectivity index (χ1) is 18.3. The molecule has 0 spiro atoms. The molecule has 0 unspecified atom stereocenters. The van der Waals surface area contributed by atoms with E-state index in [0.29, 0.717) is 0 Å². The lowest BCUT2D eigenvalue weighted by atomic mass is 9.83. The van der Waals surface area contributed by atoms with Crippen LogP contribution in [-0.4, -0.2) is 153 Å². The number of rotatable bonds is 10. The molecule has 3 rings (SSSR count). The summed E-state index contributed by atoms with van der Waals surface area (Å²) in [5.41, 5.74) is 23.3. The lowest BCUT2D eigenvalue weighted by molar-refractivity contribution is -0.315. The number of carbonyl (C=O) groups is 1.